The molecule has 0 aliphatic heterocycles. The molecule has 0 aromatic rings. The van der Waals surface area contributed by atoms with Crippen molar-refractivity contribution in [2.45, 2.75) is 0 Å². The van der Waals surface area contributed by atoms with E-state index in [1.165, 1.54) is 0 Å². The Hall–Kier alpha value is -1.42. The van der Waals surface area contributed by atoms with Crippen LogP contribution < -0.4 is 10.9 Å². The first-order valence-electron chi connectivity index (χ1n) is 3.05. The first-order valence-corrected chi connectivity index (χ1v) is 3.05. The summed E-state index contributed by atoms with van der Waals surface area (Å²) in [5.74, 6) is 0. The van der Waals surface area contributed by atoms with Crippen molar-refractivity contribution in [2.75, 3.05) is 6.54 Å². The Balaban J connectivity index is 3.69. The van der Waals surface area contributed by atoms with Gasteiger partial charge in [0, 0.05) is 0 Å². The number of carbonyl (C=O) groups excluding carboxylic acids is 1. The fourth-order valence-electron chi connectivity index (χ4n) is 0.487. The Morgan fingerprint density at radius 2 is 2.36 bits per heavy atom. The molecule has 0 aliphatic rings. The minimum absolute atomic E-state index is 0.439. The monoisotopic (exact) mass is 153 g/mol. The van der Waals surface area contributed by atoms with Gasteiger partial charge >= 0.3 is 0 Å². The minimum atomic E-state index is 0.439. The summed E-state index contributed by atoms with van der Waals surface area (Å²) in [6.45, 7) is 7.27. The Bertz CT molecular complexity index is 175. The highest BCUT2D eigenvalue weighted by Gasteiger charge is 1.88. The van der Waals surface area contributed by atoms with Gasteiger partial charge in [0.1, 0.15) is 0 Å². The number of nitrogens with zero attached hydrogens (tertiary/aromatic N) is 1. The Kier molecular flexibility index (Phi) is 5.83. The summed E-state index contributed by atoms with van der Waals surface area (Å²) in [6.07, 6.45) is 3.85. The van der Waals surface area contributed by atoms with E-state index in [0.29, 0.717) is 18.7 Å². The van der Waals surface area contributed by atoms with E-state index in [1.54, 1.807) is 12.2 Å². The van der Waals surface area contributed by atoms with E-state index in [4.69, 9.17) is 0 Å². The van der Waals surface area contributed by atoms with Gasteiger partial charge in [0.25, 0.3) is 0 Å². The first-order chi connectivity index (χ1) is 5.35. The molecule has 0 aromatic carbocycles. The zero-order chi connectivity index (χ0) is 8.53. The van der Waals surface area contributed by atoms with Gasteiger partial charge in [0.05, 0.1) is 12.2 Å². The van der Waals surface area contributed by atoms with Crippen molar-refractivity contribution in [3.63, 3.8) is 0 Å². The van der Waals surface area contributed by atoms with Crippen molar-refractivity contribution in [1.82, 2.24) is 10.9 Å². The van der Waals surface area contributed by atoms with Crippen LogP contribution in [0.4, 0.5) is 0 Å². The summed E-state index contributed by atoms with van der Waals surface area (Å²) in [5, 5.41) is 0. The topological polar surface area (TPSA) is 53.5 Å². The Labute approximate surface area is 65.7 Å². The molecule has 60 valence electrons. The van der Waals surface area contributed by atoms with E-state index in [1.807, 2.05) is 0 Å². The highest BCUT2D eigenvalue weighted by atomic mass is 16.1. The van der Waals surface area contributed by atoms with Crippen molar-refractivity contribution >= 4 is 13.1 Å². The van der Waals surface area contributed by atoms with Crippen LogP contribution in [0.1, 0.15) is 0 Å². The molecule has 0 spiro atoms. The van der Waals surface area contributed by atoms with Crippen LogP contribution in [0, 0.1) is 0 Å². The number of nitrogens with one attached hydrogen (secondary N) is 2. The molecule has 0 saturated carbocycles. The van der Waals surface area contributed by atoms with Gasteiger partial charge in [-0.3, -0.25) is 15.2 Å². The average Bonchev–Trinajstić information content (AvgIpc) is 2.03. The number of hydrogen-bond acceptors (Lipinski definition) is 3. The predicted molar refractivity (Wildman–Crippen MR) is 45.0 cm³/mol. The van der Waals surface area contributed by atoms with E-state index in [9.17, 15) is 4.79 Å². The van der Waals surface area contributed by atoms with Gasteiger partial charge in [-0.05, 0) is 12.8 Å². The Morgan fingerprint density at radius 3 is 2.82 bits per heavy atom. The number of hydrogen-bond donors (Lipinski definition) is 2. The van der Waals surface area contributed by atoms with Crippen LogP contribution in [-0.4, -0.2) is 19.7 Å². The SMILES string of the molecule is C=C/C=C(/CNNC=O)N=C. The third-order valence-electron chi connectivity index (χ3n) is 0.944. The molecule has 0 rings (SSSR count). The lowest BCUT2D eigenvalue weighted by Crippen LogP contribution is -2.31. The van der Waals surface area contributed by atoms with E-state index in [0.717, 1.165) is 0 Å². The van der Waals surface area contributed by atoms with Gasteiger partial charge in [-0.1, -0.05) is 12.7 Å². The lowest BCUT2D eigenvalue weighted by atomic mass is 10.4. The van der Waals surface area contributed by atoms with Gasteiger partial charge < -0.3 is 0 Å². The summed E-state index contributed by atoms with van der Waals surface area (Å²) in [4.78, 5) is 13.4. The summed E-state index contributed by atoms with van der Waals surface area (Å²) < 4.78 is 0. The van der Waals surface area contributed by atoms with E-state index in [2.05, 4.69) is 29.1 Å². The van der Waals surface area contributed by atoms with Gasteiger partial charge in [-0.25, -0.2) is 5.43 Å². The second-order valence-corrected chi connectivity index (χ2v) is 1.67. The van der Waals surface area contributed by atoms with Gasteiger partial charge in [-0.15, -0.1) is 0 Å². The van der Waals surface area contributed by atoms with Crippen LogP contribution >= 0.6 is 0 Å². The summed E-state index contributed by atoms with van der Waals surface area (Å²) in [5.41, 5.74) is 5.60. The molecule has 2 N–H and O–H groups in total. The largest absolute Gasteiger partial charge is 0.294 e. The van der Waals surface area contributed by atoms with Crippen LogP contribution in [0.3, 0.4) is 0 Å². The van der Waals surface area contributed by atoms with Crippen molar-refractivity contribution in [1.29, 1.82) is 0 Å². The molecule has 0 bridgehead atoms. The maximum Gasteiger partial charge on any atom is 0.221 e. The summed E-state index contributed by atoms with van der Waals surface area (Å²) >= 11 is 0. The van der Waals surface area contributed by atoms with Gasteiger partial charge in [-0.2, -0.15) is 0 Å². The maximum absolute atomic E-state index is 9.77. The van der Waals surface area contributed by atoms with Crippen molar-refractivity contribution in [3.8, 4) is 0 Å². The molecule has 4 nitrogen and oxygen atoms in total. The molecule has 0 atom stereocenters. The van der Waals surface area contributed by atoms with Crippen LogP contribution in [0.25, 0.3) is 0 Å². The molecule has 0 aliphatic carbocycles. The molecular weight excluding hydrogens is 142 g/mol. The number of hydrazine groups is 1. The molecule has 1 amide bonds. The second-order valence-electron chi connectivity index (χ2n) is 1.67. The van der Waals surface area contributed by atoms with Crippen LogP contribution in [-0.2, 0) is 4.79 Å². The molecule has 0 unspecified atom stereocenters. The van der Waals surface area contributed by atoms with Crippen LogP contribution in [0.15, 0.2) is 29.4 Å². The highest BCUT2D eigenvalue weighted by molar-refractivity contribution is 5.45. The van der Waals surface area contributed by atoms with Crippen LogP contribution in [0.2, 0.25) is 0 Å². The lowest BCUT2D eigenvalue weighted by molar-refractivity contribution is -0.110. The van der Waals surface area contributed by atoms with E-state index in [-0.39, 0.29) is 0 Å². The average molecular weight is 153 g/mol. The van der Waals surface area contributed by atoms with Crippen molar-refractivity contribution in [3.05, 3.63) is 24.4 Å². The number of allylic oxidation sites excluding steroid dienone is 2. The van der Waals surface area contributed by atoms with Crippen molar-refractivity contribution in [2.24, 2.45) is 4.99 Å². The third kappa shape index (κ3) is 5.05. The van der Waals surface area contributed by atoms with Crippen molar-refractivity contribution < 1.29 is 4.79 Å². The molecule has 0 saturated heterocycles. The fourth-order valence-corrected chi connectivity index (χ4v) is 0.487. The van der Waals surface area contributed by atoms with Crippen LogP contribution in [0.5, 0.6) is 0 Å². The maximum atomic E-state index is 9.77. The van der Waals surface area contributed by atoms with Gasteiger partial charge in [0.15, 0.2) is 0 Å². The van der Waals surface area contributed by atoms with E-state index < -0.39 is 0 Å². The zero-order valence-corrected chi connectivity index (χ0v) is 6.21. The highest BCUT2D eigenvalue weighted by Crippen LogP contribution is 1.91. The lowest BCUT2D eigenvalue weighted by Gasteiger charge is -2.00. The normalized spacial score (nSPS) is 10.4. The predicted octanol–water partition coefficient (Wildman–Crippen LogP) is 0.00750. The standard InChI is InChI=1S/C7H11N3O/c1-3-4-7(8-2)5-9-10-6-11/h3-4,6,9H,1-2,5H2,(H,10,11)/b7-4-. The molecule has 0 heterocycles. The summed E-state index contributed by atoms with van der Waals surface area (Å²) in [7, 11) is 0. The fraction of sp³-hybridized carbons (Fsp3) is 0.143. The van der Waals surface area contributed by atoms with E-state index >= 15 is 0 Å². The number of carbonyl (C=O) groups is 1. The number of aliphatic imine (C=N–C) groups is 1. The first kappa shape index (κ1) is 9.58. The molecule has 0 radical (unpaired) electrons. The smallest absolute Gasteiger partial charge is 0.221 e. The molecule has 4 heteroatoms. The number of amides is 1. The molecule has 0 fully saturated rings. The summed E-state index contributed by atoms with van der Waals surface area (Å²) in [6, 6.07) is 0. The quantitative estimate of drug-likeness (QED) is 0.186. The molecule has 11 heavy (non-hydrogen) atoms. The minimum Gasteiger partial charge on any atom is -0.294 e. The Morgan fingerprint density at radius 1 is 1.64 bits per heavy atom. The molecular formula is C7H11N3O. The molecule has 0 aromatic heterocycles. The zero-order valence-electron chi connectivity index (χ0n) is 6.21. The second kappa shape index (κ2) is 6.70. The van der Waals surface area contributed by atoms with Gasteiger partial charge in [0.2, 0.25) is 6.41 Å². The number of rotatable bonds is 6. The third-order valence-corrected chi connectivity index (χ3v) is 0.944.